The smallest absolute Gasteiger partial charge is 0.139 e. The van der Waals surface area contributed by atoms with E-state index in [1.807, 2.05) is 0 Å². The van der Waals surface area contributed by atoms with Crippen molar-refractivity contribution in [2.45, 2.75) is 25.4 Å². The molecule has 0 radical (unpaired) electrons. The lowest BCUT2D eigenvalue weighted by Crippen LogP contribution is -2.21. The Kier molecular flexibility index (Phi) is 1.30. The normalized spacial score (nSPS) is 53.2. The van der Waals surface area contributed by atoms with Crippen LogP contribution in [0, 0.1) is 23.7 Å². The Labute approximate surface area is 76.1 Å². The molecule has 0 aromatic carbocycles. The highest BCUT2D eigenvalue weighted by Gasteiger charge is 2.60. The molecule has 0 aromatic rings. The summed E-state index contributed by atoms with van der Waals surface area (Å²) < 4.78 is 0. The van der Waals surface area contributed by atoms with E-state index in [9.17, 15) is 14.7 Å². The summed E-state index contributed by atoms with van der Waals surface area (Å²) in [7, 11) is 0. The van der Waals surface area contributed by atoms with E-state index in [0.29, 0.717) is 19.3 Å². The van der Waals surface area contributed by atoms with Crippen LogP contribution >= 0.6 is 0 Å². The molecule has 0 heterocycles. The predicted octanol–water partition coefficient (Wildman–Crippen LogP) is 0.161. The van der Waals surface area contributed by atoms with Gasteiger partial charge in [0.05, 0.1) is 6.10 Å². The fourth-order valence-electron chi connectivity index (χ4n) is 3.62. The molecular formula is C10H12O3. The Morgan fingerprint density at radius 2 is 1.85 bits per heavy atom. The third-order valence-electron chi connectivity index (χ3n) is 4.05. The number of Topliss-reactive ketones (excluding diaryl/α,β-unsaturated/α-hetero) is 2. The van der Waals surface area contributed by atoms with Crippen molar-refractivity contribution in [3.05, 3.63) is 0 Å². The van der Waals surface area contributed by atoms with E-state index < -0.39 is 6.10 Å². The van der Waals surface area contributed by atoms with E-state index in [1.54, 1.807) is 0 Å². The summed E-state index contributed by atoms with van der Waals surface area (Å²) in [5, 5.41) is 9.64. The first-order chi connectivity index (χ1) is 6.18. The molecule has 0 bridgehead atoms. The van der Waals surface area contributed by atoms with Crippen LogP contribution in [0.5, 0.6) is 0 Å². The van der Waals surface area contributed by atoms with Crippen LogP contribution in [0.4, 0.5) is 0 Å². The second-order valence-electron chi connectivity index (χ2n) is 4.61. The minimum Gasteiger partial charge on any atom is -0.392 e. The Morgan fingerprint density at radius 1 is 1.15 bits per heavy atom. The van der Waals surface area contributed by atoms with Gasteiger partial charge in [0.1, 0.15) is 11.6 Å². The predicted molar refractivity (Wildman–Crippen MR) is 43.8 cm³/mol. The SMILES string of the molecule is O=C1C[C@H]2CC(=O)C3[C@H]2C1C[C@@H]3O. The third-order valence-corrected chi connectivity index (χ3v) is 4.05. The van der Waals surface area contributed by atoms with Crippen LogP contribution in [-0.2, 0) is 9.59 Å². The molecule has 3 nitrogen and oxygen atoms in total. The highest BCUT2D eigenvalue weighted by Crippen LogP contribution is 2.55. The second kappa shape index (κ2) is 2.21. The van der Waals surface area contributed by atoms with Crippen molar-refractivity contribution in [3.63, 3.8) is 0 Å². The molecule has 3 heteroatoms. The van der Waals surface area contributed by atoms with Gasteiger partial charge in [0.2, 0.25) is 0 Å². The number of ketones is 2. The minimum atomic E-state index is -0.531. The maximum Gasteiger partial charge on any atom is 0.139 e. The molecule has 3 fully saturated rings. The summed E-state index contributed by atoms with van der Waals surface area (Å²) in [6.07, 6.45) is 1.13. The van der Waals surface area contributed by atoms with Crippen LogP contribution in [0.25, 0.3) is 0 Å². The Morgan fingerprint density at radius 3 is 2.62 bits per heavy atom. The number of carbonyl (C=O) groups excluding carboxylic acids is 2. The van der Waals surface area contributed by atoms with E-state index >= 15 is 0 Å². The van der Waals surface area contributed by atoms with Crippen molar-refractivity contribution in [2.75, 3.05) is 0 Å². The molecule has 5 atom stereocenters. The molecule has 3 saturated carbocycles. The largest absolute Gasteiger partial charge is 0.392 e. The molecule has 0 saturated heterocycles. The highest BCUT2D eigenvalue weighted by molar-refractivity contribution is 5.93. The van der Waals surface area contributed by atoms with Crippen LogP contribution in [0.1, 0.15) is 19.3 Å². The Balaban J connectivity index is 2.03. The van der Waals surface area contributed by atoms with Crippen molar-refractivity contribution in [1.29, 1.82) is 0 Å². The molecule has 1 N–H and O–H groups in total. The van der Waals surface area contributed by atoms with Crippen molar-refractivity contribution >= 4 is 11.6 Å². The van der Waals surface area contributed by atoms with E-state index in [-0.39, 0.29) is 35.2 Å². The molecule has 0 spiro atoms. The van der Waals surface area contributed by atoms with Gasteiger partial charge in [-0.3, -0.25) is 9.59 Å². The quantitative estimate of drug-likeness (QED) is 0.577. The Bertz CT molecular complexity index is 297. The summed E-state index contributed by atoms with van der Waals surface area (Å²) in [6.45, 7) is 0. The van der Waals surface area contributed by atoms with E-state index in [0.717, 1.165) is 0 Å². The van der Waals surface area contributed by atoms with Crippen molar-refractivity contribution < 1.29 is 14.7 Å². The van der Waals surface area contributed by atoms with E-state index in [2.05, 4.69) is 0 Å². The number of hydrogen-bond acceptors (Lipinski definition) is 3. The Hall–Kier alpha value is -0.700. The zero-order valence-corrected chi connectivity index (χ0v) is 7.27. The minimum absolute atomic E-state index is 0.0106. The van der Waals surface area contributed by atoms with Gasteiger partial charge in [0.15, 0.2) is 0 Å². The summed E-state index contributed by atoms with van der Waals surface area (Å²) in [5.41, 5.74) is 0. The van der Waals surface area contributed by atoms with Crippen LogP contribution in [-0.4, -0.2) is 22.8 Å². The molecule has 3 aliphatic carbocycles. The molecular weight excluding hydrogens is 168 g/mol. The van der Waals surface area contributed by atoms with E-state index in [1.165, 1.54) is 0 Å². The molecule has 3 rings (SSSR count). The first-order valence-electron chi connectivity index (χ1n) is 4.92. The highest BCUT2D eigenvalue weighted by atomic mass is 16.3. The average molecular weight is 180 g/mol. The molecule has 0 amide bonds. The molecule has 70 valence electrons. The standard InChI is InChI=1S/C10H12O3/c11-6-1-4-2-7(12)10-8(13)3-5(6)9(4)10/h4-5,8-10,13H,1-3H2/t4-,5?,8-,9+,10?/m0/s1. The molecule has 0 aliphatic heterocycles. The van der Waals surface area contributed by atoms with Crippen LogP contribution in [0.2, 0.25) is 0 Å². The average Bonchev–Trinajstić information content (AvgIpc) is 2.60. The number of rotatable bonds is 0. The maximum absolute atomic E-state index is 11.5. The number of aliphatic hydroxyl groups is 1. The van der Waals surface area contributed by atoms with Crippen molar-refractivity contribution in [3.8, 4) is 0 Å². The van der Waals surface area contributed by atoms with Gasteiger partial charge in [-0.2, -0.15) is 0 Å². The molecule has 2 unspecified atom stereocenters. The fraction of sp³-hybridized carbons (Fsp3) is 0.800. The lowest BCUT2D eigenvalue weighted by atomic mass is 9.92. The van der Waals surface area contributed by atoms with Gasteiger partial charge in [0.25, 0.3) is 0 Å². The maximum atomic E-state index is 11.5. The zero-order valence-electron chi connectivity index (χ0n) is 7.27. The van der Waals surface area contributed by atoms with Crippen LogP contribution in [0.3, 0.4) is 0 Å². The van der Waals surface area contributed by atoms with Crippen molar-refractivity contribution in [2.24, 2.45) is 23.7 Å². The van der Waals surface area contributed by atoms with Gasteiger partial charge in [-0.1, -0.05) is 0 Å². The lowest BCUT2D eigenvalue weighted by molar-refractivity contribution is -0.123. The summed E-state index contributed by atoms with van der Waals surface area (Å²) in [4.78, 5) is 23.0. The van der Waals surface area contributed by atoms with Gasteiger partial charge < -0.3 is 5.11 Å². The van der Waals surface area contributed by atoms with Gasteiger partial charge >= 0.3 is 0 Å². The third kappa shape index (κ3) is 0.784. The second-order valence-corrected chi connectivity index (χ2v) is 4.61. The lowest BCUT2D eigenvalue weighted by Gasteiger charge is -2.11. The van der Waals surface area contributed by atoms with Gasteiger partial charge in [-0.05, 0) is 18.3 Å². The molecule has 13 heavy (non-hydrogen) atoms. The first kappa shape index (κ1) is 7.68. The van der Waals surface area contributed by atoms with Gasteiger partial charge in [0, 0.05) is 24.7 Å². The van der Waals surface area contributed by atoms with Gasteiger partial charge in [-0.25, -0.2) is 0 Å². The summed E-state index contributed by atoms with van der Waals surface area (Å²) in [5.74, 6) is 0.765. The summed E-state index contributed by atoms with van der Waals surface area (Å²) in [6, 6.07) is 0. The summed E-state index contributed by atoms with van der Waals surface area (Å²) >= 11 is 0. The van der Waals surface area contributed by atoms with Crippen LogP contribution < -0.4 is 0 Å². The van der Waals surface area contributed by atoms with Crippen molar-refractivity contribution in [1.82, 2.24) is 0 Å². The zero-order chi connectivity index (χ0) is 9.16. The van der Waals surface area contributed by atoms with Crippen LogP contribution in [0.15, 0.2) is 0 Å². The molecule has 0 aromatic heterocycles. The number of hydrogen-bond donors (Lipinski definition) is 1. The number of carbonyl (C=O) groups is 2. The molecule has 3 aliphatic rings. The van der Waals surface area contributed by atoms with Gasteiger partial charge in [-0.15, -0.1) is 0 Å². The topological polar surface area (TPSA) is 54.4 Å². The monoisotopic (exact) mass is 180 g/mol. The number of aliphatic hydroxyl groups excluding tert-OH is 1. The first-order valence-corrected chi connectivity index (χ1v) is 4.92. The fourth-order valence-corrected chi connectivity index (χ4v) is 3.62. The van der Waals surface area contributed by atoms with E-state index in [4.69, 9.17) is 0 Å².